The molecule has 0 aliphatic heterocycles. The quantitative estimate of drug-likeness (QED) is 0.852. The number of carbonyl (C=O) groups is 2. The van der Waals surface area contributed by atoms with E-state index in [4.69, 9.17) is 11.6 Å². The molecule has 2 rings (SSSR count). The summed E-state index contributed by atoms with van der Waals surface area (Å²) < 4.78 is 13.6. The van der Waals surface area contributed by atoms with E-state index in [9.17, 15) is 14.0 Å². The van der Waals surface area contributed by atoms with Crippen LogP contribution in [0.3, 0.4) is 0 Å². The van der Waals surface area contributed by atoms with Crippen LogP contribution in [-0.4, -0.2) is 18.2 Å². The molecule has 1 N–H and O–H groups in total. The summed E-state index contributed by atoms with van der Waals surface area (Å²) in [5.74, 6) is -1.16. The van der Waals surface area contributed by atoms with Gasteiger partial charge < -0.3 is 5.32 Å². The van der Waals surface area contributed by atoms with Crippen molar-refractivity contribution in [2.45, 2.75) is 13.3 Å². The van der Waals surface area contributed by atoms with Crippen LogP contribution in [0.5, 0.6) is 0 Å². The molecule has 0 fully saturated rings. The molecule has 0 atom stereocenters. The van der Waals surface area contributed by atoms with E-state index in [0.29, 0.717) is 17.8 Å². The lowest BCUT2D eigenvalue weighted by atomic mass is 10.2. The molecule has 0 spiro atoms. The van der Waals surface area contributed by atoms with Crippen molar-refractivity contribution in [1.29, 1.82) is 0 Å². The Balaban J connectivity index is 1.94. The first kappa shape index (κ1) is 15.7. The Morgan fingerprint density at radius 3 is 2.67 bits per heavy atom. The molecule has 0 unspecified atom stereocenters. The Labute approximate surface area is 130 Å². The third-order valence-electron chi connectivity index (χ3n) is 2.86. The monoisotopic (exact) mass is 325 g/mol. The SMILES string of the molecule is CC(=O)c1ccc(CCNC(=O)c2c(F)cccc2Cl)s1. The average molecular weight is 326 g/mol. The number of rotatable bonds is 5. The first-order chi connectivity index (χ1) is 9.99. The lowest BCUT2D eigenvalue weighted by molar-refractivity contribution is 0.0949. The van der Waals surface area contributed by atoms with Crippen LogP contribution in [0.1, 0.15) is 31.8 Å². The van der Waals surface area contributed by atoms with E-state index in [1.165, 1.54) is 36.5 Å². The van der Waals surface area contributed by atoms with Crippen molar-refractivity contribution in [3.63, 3.8) is 0 Å². The van der Waals surface area contributed by atoms with Gasteiger partial charge in [-0.2, -0.15) is 0 Å². The average Bonchev–Trinajstić information content (AvgIpc) is 2.87. The molecule has 0 saturated carbocycles. The second-order valence-corrected chi connectivity index (χ2v) is 6.00. The van der Waals surface area contributed by atoms with Gasteiger partial charge in [0.25, 0.3) is 5.91 Å². The summed E-state index contributed by atoms with van der Waals surface area (Å²) in [6.07, 6.45) is 0.579. The van der Waals surface area contributed by atoms with Crippen molar-refractivity contribution in [1.82, 2.24) is 5.32 Å². The number of Topliss-reactive ketones (excluding diaryl/α,β-unsaturated/α-hetero) is 1. The van der Waals surface area contributed by atoms with Gasteiger partial charge >= 0.3 is 0 Å². The van der Waals surface area contributed by atoms with Crippen molar-refractivity contribution in [2.75, 3.05) is 6.54 Å². The molecule has 110 valence electrons. The smallest absolute Gasteiger partial charge is 0.255 e. The van der Waals surface area contributed by atoms with Crippen molar-refractivity contribution >= 4 is 34.6 Å². The van der Waals surface area contributed by atoms with Crippen molar-refractivity contribution < 1.29 is 14.0 Å². The van der Waals surface area contributed by atoms with Gasteiger partial charge in [-0.25, -0.2) is 4.39 Å². The molecule has 6 heteroatoms. The number of carbonyl (C=O) groups excluding carboxylic acids is 2. The lowest BCUT2D eigenvalue weighted by Crippen LogP contribution is -2.26. The van der Waals surface area contributed by atoms with Gasteiger partial charge in [-0.15, -0.1) is 11.3 Å². The molecular formula is C15H13ClFNO2S. The number of benzene rings is 1. The van der Waals surface area contributed by atoms with E-state index in [2.05, 4.69) is 5.32 Å². The molecule has 0 aliphatic carbocycles. The van der Waals surface area contributed by atoms with Gasteiger partial charge in [-0.1, -0.05) is 17.7 Å². The van der Waals surface area contributed by atoms with Crippen LogP contribution in [0.2, 0.25) is 5.02 Å². The molecule has 1 aromatic carbocycles. The topological polar surface area (TPSA) is 46.2 Å². The first-order valence-electron chi connectivity index (χ1n) is 6.31. The number of hydrogen-bond donors (Lipinski definition) is 1. The van der Waals surface area contributed by atoms with Crippen LogP contribution in [0.25, 0.3) is 0 Å². The summed E-state index contributed by atoms with van der Waals surface area (Å²) in [5.41, 5.74) is -0.144. The number of nitrogens with one attached hydrogen (secondary N) is 1. The second kappa shape index (κ2) is 6.83. The normalized spacial score (nSPS) is 10.4. The fourth-order valence-electron chi connectivity index (χ4n) is 1.80. The summed E-state index contributed by atoms with van der Waals surface area (Å²) in [6, 6.07) is 7.72. The van der Waals surface area contributed by atoms with Crippen LogP contribution < -0.4 is 5.32 Å². The second-order valence-electron chi connectivity index (χ2n) is 4.42. The highest BCUT2D eigenvalue weighted by atomic mass is 35.5. The van der Waals surface area contributed by atoms with Gasteiger partial charge in [0.1, 0.15) is 5.82 Å². The fraction of sp³-hybridized carbons (Fsp3) is 0.200. The van der Waals surface area contributed by atoms with Crippen LogP contribution in [0.15, 0.2) is 30.3 Å². The zero-order chi connectivity index (χ0) is 15.4. The summed E-state index contributed by atoms with van der Waals surface area (Å²) in [5, 5.41) is 2.71. The minimum Gasteiger partial charge on any atom is -0.352 e. The Kier molecular flexibility index (Phi) is 5.09. The summed E-state index contributed by atoms with van der Waals surface area (Å²) >= 11 is 7.22. The molecule has 1 aromatic heterocycles. The van der Waals surface area contributed by atoms with Gasteiger partial charge in [0.2, 0.25) is 0 Å². The third kappa shape index (κ3) is 3.89. The van der Waals surface area contributed by atoms with Gasteiger partial charge in [0.15, 0.2) is 5.78 Å². The maximum absolute atomic E-state index is 13.6. The molecule has 1 heterocycles. The highest BCUT2D eigenvalue weighted by molar-refractivity contribution is 7.14. The largest absolute Gasteiger partial charge is 0.352 e. The molecule has 21 heavy (non-hydrogen) atoms. The summed E-state index contributed by atoms with van der Waals surface area (Å²) in [4.78, 5) is 24.8. The van der Waals surface area contributed by atoms with Crippen molar-refractivity contribution in [3.8, 4) is 0 Å². The van der Waals surface area contributed by atoms with E-state index in [1.807, 2.05) is 6.07 Å². The Hall–Kier alpha value is -1.72. The number of ketones is 1. The standard InChI is InChI=1S/C15H13ClFNO2S/c1-9(19)13-6-5-10(21-13)7-8-18-15(20)14-11(16)3-2-4-12(14)17/h2-6H,7-8H2,1H3,(H,18,20). The van der Waals surface area contributed by atoms with Crippen molar-refractivity contribution in [3.05, 3.63) is 56.5 Å². The molecule has 0 radical (unpaired) electrons. The van der Waals surface area contributed by atoms with Gasteiger partial charge in [-0.3, -0.25) is 9.59 Å². The van der Waals surface area contributed by atoms with Crippen LogP contribution in [-0.2, 0) is 6.42 Å². The first-order valence-corrected chi connectivity index (χ1v) is 7.50. The van der Waals surface area contributed by atoms with Gasteiger partial charge in [0, 0.05) is 11.4 Å². The lowest BCUT2D eigenvalue weighted by Gasteiger charge is -2.07. The molecule has 0 aliphatic rings. The fourth-order valence-corrected chi connectivity index (χ4v) is 2.96. The van der Waals surface area contributed by atoms with E-state index in [-0.39, 0.29) is 16.4 Å². The Bertz CT molecular complexity index is 664. The van der Waals surface area contributed by atoms with Crippen molar-refractivity contribution in [2.24, 2.45) is 0 Å². The number of thiophene rings is 1. The molecule has 1 amide bonds. The molecular weight excluding hydrogens is 313 g/mol. The predicted molar refractivity (Wildman–Crippen MR) is 81.8 cm³/mol. The molecule has 0 saturated heterocycles. The summed E-state index contributed by atoms with van der Waals surface area (Å²) in [7, 11) is 0. The van der Waals surface area contributed by atoms with Crippen LogP contribution in [0.4, 0.5) is 4.39 Å². The number of halogens is 2. The molecule has 3 nitrogen and oxygen atoms in total. The Morgan fingerprint density at radius 1 is 1.29 bits per heavy atom. The van der Waals surface area contributed by atoms with E-state index in [1.54, 1.807) is 6.07 Å². The van der Waals surface area contributed by atoms with Gasteiger partial charge in [-0.05, 0) is 37.6 Å². The predicted octanol–water partition coefficient (Wildman–Crippen LogP) is 3.72. The zero-order valence-electron chi connectivity index (χ0n) is 11.3. The highest BCUT2D eigenvalue weighted by Crippen LogP contribution is 2.19. The molecule has 0 bridgehead atoms. The number of amides is 1. The number of hydrogen-bond acceptors (Lipinski definition) is 3. The Morgan fingerprint density at radius 2 is 2.05 bits per heavy atom. The van der Waals surface area contributed by atoms with E-state index < -0.39 is 11.7 Å². The van der Waals surface area contributed by atoms with E-state index in [0.717, 1.165) is 4.88 Å². The minimum atomic E-state index is -0.644. The summed E-state index contributed by atoms with van der Waals surface area (Å²) in [6.45, 7) is 1.86. The van der Waals surface area contributed by atoms with E-state index >= 15 is 0 Å². The highest BCUT2D eigenvalue weighted by Gasteiger charge is 2.15. The molecule has 2 aromatic rings. The third-order valence-corrected chi connectivity index (χ3v) is 4.42. The maximum atomic E-state index is 13.6. The van der Waals surface area contributed by atoms with Gasteiger partial charge in [0.05, 0.1) is 15.5 Å². The maximum Gasteiger partial charge on any atom is 0.255 e. The van der Waals surface area contributed by atoms with Crippen LogP contribution in [0, 0.1) is 5.82 Å². The minimum absolute atomic E-state index is 0.0217. The zero-order valence-corrected chi connectivity index (χ0v) is 12.9. The van der Waals surface area contributed by atoms with Crippen LogP contribution >= 0.6 is 22.9 Å².